The fraction of sp³-hybridized carbons (Fsp3) is 0.769. The van der Waals surface area contributed by atoms with Crippen LogP contribution in [0.3, 0.4) is 0 Å². The van der Waals surface area contributed by atoms with Crippen LogP contribution in [0.25, 0.3) is 0 Å². The first-order chi connectivity index (χ1) is 8.16. The molecule has 5 nitrogen and oxygen atoms in total. The summed E-state index contributed by atoms with van der Waals surface area (Å²) in [7, 11) is 3.31. The zero-order valence-electron chi connectivity index (χ0n) is 11.6. The predicted molar refractivity (Wildman–Crippen MR) is 66.5 cm³/mol. The van der Waals surface area contributed by atoms with E-state index in [0.29, 0.717) is 12.8 Å². The van der Waals surface area contributed by atoms with Crippen LogP contribution in [0, 0.1) is 16.2 Å². The van der Waals surface area contributed by atoms with Crippen molar-refractivity contribution in [1.82, 2.24) is 4.90 Å². The van der Waals surface area contributed by atoms with Gasteiger partial charge in [-0.25, -0.2) is 0 Å². The Morgan fingerprint density at radius 1 is 1.28 bits per heavy atom. The van der Waals surface area contributed by atoms with Crippen molar-refractivity contribution >= 4 is 17.4 Å². The van der Waals surface area contributed by atoms with E-state index in [1.807, 2.05) is 20.8 Å². The van der Waals surface area contributed by atoms with Crippen LogP contribution in [0.2, 0.25) is 0 Å². The molecule has 1 N–H and O–H groups in total. The molecule has 0 spiro atoms. The standard InChI is InChI=1S/C13H20N2O3/c1-11(2)12(3)6-7-13(11,10(17)15(4)5)9(16)8(12)14-18/h18H,6-7H2,1-5H3. The Morgan fingerprint density at radius 3 is 2.22 bits per heavy atom. The monoisotopic (exact) mass is 252 g/mol. The molecule has 2 unspecified atom stereocenters. The molecule has 2 atom stereocenters. The SMILES string of the molecule is CN(C)C(=O)C12CCC(C)(C(=NO)C1=O)C2(C)C. The maximum absolute atomic E-state index is 12.5. The molecule has 0 heterocycles. The van der Waals surface area contributed by atoms with Gasteiger partial charge in [0.2, 0.25) is 5.91 Å². The number of nitrogens with zero attached hydrogens (tertiary/aromatic N) is 2. The summed E-state index contributed by atoms with van der Waals surface area (Å²) in [5, 5.41) is 12.3. The average Bonchev–Trinajstić information content (AvgIpc) is 2.55. The molecule has 2 aliphatic carbocycles. The summed E-state index contributed by atoms with van der Waals surface area (Å²) in [5.41, 5.74) is -1.95. The van der Waals surface area contributed by atoms with E-state index in [4.69, 9.17) is 5.21 Å². The highest BCUT2D eigenvalue weighted by molar-refractivity contribution is 6.50. The van der Waals surface area contributed by atoms with E-state index in [9.17, 15) is 9.59 Å². The summed E-state index contributed by atoms with van der Waals surface area (Å²) < 4.78 is 0. The third-order valence-electron chi connectivity index (χ3n) is 5.44. The van der Waals surface area contributed by atoms with Gasteiger partial charge in [0.15, 0.2) is 5.78 Å². The van der Waals surface area contributed by atoms with Crippen LogP contribution in [0.15, 0.2) is 5.16 Å². The van der Waals surface area contributed by atoms with E-state index in [-0.39, 0.29) is 17.4 Å². The van der Waals surface area contributed by atoms with Crippen LogP contribution in [0.1, 0.15) is 33.6 Å². The fourth-order valence-electron chi connectivity index (χ4n) is 3.81. The summed E-state index contributed by atoms with van der Waals surface area (Å²) in [4.78, 5) is 26.5. The molecule has 1 amide bonds. The second kappa shape index (κ2) is 3.33. The fourth-order valence-corrected chi connectivity index (χ4v) is 3.81. The maximum atomic E-state index is 12.5. The number of oxime groups is 1. The molecule has 0 radical (unpaired) electrons. The number of carbonyl (C=O) groups excluding carboxylic acids is 2. The van der Waals surface area contributed by atoms with E-state index in [1.165, 1.54) is 4.90 Å². The zero-order valence-corrected chi connectivity index (χ0v) is 11.6. The van der Waals surface area contributed by atoms with Gasteiger partial charge in [0.1, 0.15) is 11.1 Å². The molecule has 0 saturated heterocycles. The lowest BCUT2D eigenvalue weighted by Crippen LogP contribution is -2.50. The molecular weight excluding hydrogens is 232 g/mol. The summed E-state index contributed by atoms with van der Waals surface area (Å²) >= 11 is 0. The number of rotatable bonds is 1. The molecule has 0 aromatic rings. The summed E-state index contributed by atoms with van der Waals surface area (Å²) in [6.07, 6.45) is 1.23. The van der Waals surface area contributed by atoms with Gasteiger partial charge >= 0.3 is 0 Å². The van der Waals surface area contributed by atoms with Crippen molar-refractivity contribution in [2.45, 2.75) is 33.6 Å². The second-order valence-electron chi connectivity index (χ2n) is 6.34. The lowest BCUT2D eigenvalue weighted by Gasteiger charge is -2.38. The van der Waals surface area contributed by atoms with Crippen LogP contribution in [-0.4, -0.2) is 41.6 Å². The van der Waals surface area contributed by atoms with E-state index < -0.39 is 16.2 Å². The van der Waals surface area contributed by atoms with E-state index in [2.05, 4.69) is 5.16 Å². The van der Waals surface area contributed by atoms with Crippen LogP contribution in [-0.2, 0) is 9.59 Å². The number of hydrogen-bond donors (Lipinski definition) is 1. The van der Waals surface area contributed by atoms with Gasteiger partial charge in [0, 0.05) is 19.5 Å². The van der Waals surface area contributed by atoms with E-state index in [1.54, 1.807) is 14.1 Å². The van der Waals surface area contributed by atoms with Crippen molar-refractivity contribution in [3.63, 3.8) is 0 Å². The highest BCUT2D eigenvalue weighted by Gasteiger charge is 2.77. The smallest absolute Gasteiger partial charge is 0.236 e. The number of Topliss-reactive ketones (excluding diaryl/α,β-unsaturated/α-hetero) is 1. The van der Waals surface area contributed by atoms with Gasteiger partial charge in [-0.15, -0.1) is 0 Å². The Hall–Kier alpha value is -1.39. The van der Waals surface area contributed by atoms with Gasteiger partial charge in [-0.3, -0.25) is 9.59 Å². The Kier molecular flexibility index (Phi) is 2.42. The van der Waals surface area contributed by atoms with Crippen molar-refractivity contribution in [2.24, 2.45) is 21.4 Å². The van der Waals surface area contributed by atoms with Crippen molar-refractivity contribution < 1.29 is 14.8 Å². The molecule has 100 valence electrons. The number of hydrogen-bond acceptors (Lipinski definition) is 4. The van der Waals surface area contributed by atoms with Crippen LogP contribution >= 0.6 is 0 Å². The Morgan fingerprint density at radius 2 is 1.83 bits per heavy atom. The van der Waals surface area contributed by atoms with Crippen molar-refractivity contribution in [1.29, 1.82) is 0 Å². The summed E-state index contributed by atoms with van der Waals surface area (Å²) in [6, 6.07) is 0. The molecule has 18 heavy (non-hydrogen) atoms. The lowest BCUT2D eigenvalue weighted by atomic mass is 9.64. The number of fused-ring (bicyclic) bond motifs is 2. The van der Waals surface area contributed by atoms with E-state index in [0.717, 1.165) is 0 Å². The second-order valence-corrected chi connectivity index (χ2v) is 6.34. The minimum Gasteiger partial charge on any atom is -0.411 e. The molecule has 2 saturated carbocycles. The zero-order chi connectivity index (χ0) is 13.9. The Balaban J connectivity index is 2.69. The summed E-state index contributed by atoms with van der Waals surface area (Å²) in [5.74, 6) is -0.484. The van der Waals surface area contributed by atoms with Gasteiger partial charge in [0.25, 0.3) is 0 Å². The molecular formula is C13H20N2O3. The maximum Gasteiger partial charge on any atom is 0.236 e. The molecule has 2 aliphatic rings. The molecule has 5 heteroatoms. The van der Waals surface area contributed by atoms with E-state index >= 15 is 0 Å². The molecule has 2 fully saturated rings. The highest BCUT2D eigenvalue weighted by atomic mass is 16.4. The molecule has 2 bridgehead atoms. The Bertz CT molecular complexity index is 467. The average molecular weight is 252 g/mol. The molecule has 0 aromatic carbocycles. The first-order valence-electron chi connectivity index (χ1n) is 6.16. The molecule has 0 aromatic heterocycles. The third kappa shape index (κ3) is 1.02. The van der Waals surface area contributed by atoms with Crippen LogP contribution < -0.4 is 0 Å². The van der Waals surface area contributed by atoms with Gasteiger partial charge < -0.3 is 10.1 Å². The topological polar surface area (TPSA) is 70.0 Å². The van der Waals surface area contributed by atoms with Gasteiger partial charge in [-0.2, -0.15) is 0 Å². The van der Waals surface area contributed by atoms with Gasteiger partial charge in [0.05, 0.1) is 0 Å². The number of ketones is 1. The van der Waals surface area contributed by atoms with Crippen LogP contribution in [0.4, 0.5) is 0 Å². The highest BCUT2D eigenvalue weighted by Crippen LogP contribution is 2.69. The lowest BCUT2D eigenvalue weighted by molar-refractivity contribution is -0.150. The Labute approximate surface area is 107 Å². The predicted octanol–water partition coefficient (Wildman–Crippen LogP) is 1.30. The van der Waals surface area contributed by atoms with Gasteiger partial charge in [-0.05, 0) is 18.3 Å². The summed E-state index contributed by atoms with van der Waals surface area (Å²) in [6.45, 7) is 5.77. The number of carbonyl (C=O) groups is 2. The minimum absolute atomic E-state index is 0.161. The number of amides is 1. The normalized spacial score (nSPS) is 39.4. The van der Waals surface area contributed by atoms with Crippen molar-refractivity contribution in [3.8, 4) is 0 Å². The van der Waals surface area contributed by atoms with Gasteiger partial charge in [-0.1, -0.05) is 25.9 Å². The van der Waals surface area contributed by atoms with Crippen molar-refractivity contribution in [3.05, 3.63) is 0 Å². The van der Waals surface area contributed by atoms with Crippen molar-refractivity contribution in [2.75, 3.05) is 14.1 Å². The minimum atomic E-state index is -1.06. The van der Waals surface area contributed by atoms with Crippen LogP contribution in [0.5, 0.6) is 0 Å². The molecule has 0 aliphatic heterocycles. The first-order valence-corrected chi connectivity index (χ1v) is 6.16. The third-order valence-corrected chi connectivity index (χ3v) is 5.44. The molecule has 2 rings (SSSR count). The largest absolute Gasteiger partial charge is 0.411 e. The first kappa shape index (κ1) is 13.1. The quantitative estimate of drug-likeness (QED) is 0.434.